The van der Waals surface area contributed by atoms with Crippen LogP contribution in [0.1, 0.15) is 0 Å². The first-order valence-corrected chi connectivity index (χ1v) is 8.23. The van der Waals surface area contributed by atoms with Crippen LogP contribution < -0.4 is 5.32 Å². The van der Waals surface area contributed by atoms with Gasteiger partial charge in [-0.25, -0.2) is 12.8 Å². The number of nitrogens with zero attached hydrogens (tertiary/aromatic N) is 1. The predicted molar refractivity (Wildman–Crippen MR) is 75.1 cm³/mol. The molecule has 1 aromatic carbocycles. The molecule has 0 unspecified atom stereocenters. The highest BCUT2D eigenvalue weighted by atomic mass is 35.5. The van der Waals surface area contributed by atoms with Crippen LogP contribution in [-0.2, 0) is 14.6 Å². The molecule has 1 N–H and O–H groups in total. The smallest absolute Gasteiger partial charge is 0.238 e. The van der Waals surface area contributed by atoms with Gasteiger partial charge >= 0.3 is 0 Å². The molecule has 110 valence electrons. The number of anilines is 1. The van der Waals surface area contributed by atoms with Gasteiger partial charge in [-0.1, -0.05) is 11.6 Å². The van der Waals surface area contributed by atoms with Crippen molar-refractivity contribution in [2.24, 2.45) is 0 Å². The van der Waals surface area contributed by atoms with Gasteiger partial charge in [0.2, 0.25) is 5.91 Å². The third-order valence-corrected chi connectivity index (χ3v) is 4.93. The number of carbonyl (C=O) groups excluding carboxylic acids is 1. The Bertz CT molecular complexity index is 607. The topological polar surface area (TPSA) is 66.5 Å². The molecule has 1 amide bonds. The molecule has 0 aromatic heterocycles. The van der Waals surface area contributed by atoms with Crippen molar-refractivity contribution in [2.45, 2.75) is 0 Å². The van der Waals surface area contributed by atoms with E-state index in [1.807, 2.05) is 0 Å². The highest BCUT2D eigenvalue weighted by Gasteiger charge is 2.23. The molecule has 20 heavy (non-hydrogen) atoms. The second-order valence-electron chi connectivity index (χ2n) is 4.60. The Balaban J connectivity index is 1.90. The van der Waals surface area contributed by atoms with Gasteiger partial charge in [0.25, 0.3) is 0 Å². The molecule has 2 rings (SSSR count). The standard InChI is InChI=1S/C12H14ClFN2O3S/c13-10-7-9(14)1-2-11(10)15-12(17)8-16-3-5-20(18,19)6-4-16/h1-2,7H,3-6,8H2,(H,15,17). The number of hydrogen-bond acceptors (Lipinski definition) is 4. The molecule has 0 saturated carbocycles. The maximum Gasteiger partial charge on any atom is 0.238 e. The van der Waals surface area contributed by atoms with Crippen molar-refractivity contribution >= 4 is 33.0 Å². The summed E-state index contributed by atoms with van der Waals surface area (Å²) in [5.74, 6) is -0.651. The molecule has 8 heteroatoms. The van der Waals surface area contributed by atoms with Crippen LogP contribution >= 0.6 is 11.6 Å². The first-order chi connectivity index (χ1) is 9.35. The van der Waals surface area contributed by atoms with Crippen LogP contribution in [-0.4, -0.2) is 50.4 Å². The summed E-state index contributed by atoms with van der Waals surface area (Å²) in [7, 11) is -2.96. The summed E-state index contributed by atoms with van der Waals surface area (Å²) in [6.07, 6.45) is 0. The van der Waals surface area contributed by atoms with Gasteiger partial charge in [-0.3, -0.25) is 9.69 Å². The van der Waals surface area contributed by atoms with Gasteiger partial charge < -0.3 is 5.32 Å². The Labute approximate surface area is 121 Å². The number of amides is 1. The number of hydrogen-bond donors (Lipinski definition) is 1. The van der Waals surface area contributed by atoms with E-state index in [1.165, 1.54) is 12.1 Å². The SMILES string of the molecule is O=C(CN1CCS(=O)(=O)CC1)Nc1ccc(F)cc1Cl. The van der Waals surface area contributed by atoms with Crippen LogP contribution in [0, 0.1) is 5.82 Å². The second-order valence-corrected chi connectivity index (χ2v) is 7.31. The maximum atomic E-state index is 12.9. The lowest BCUT2D eigenvalue weighted by Gasteiger charge is -2.25. The van der Waals surface area contributed by atoms with Crippen LogP contribution in [0.15, 0.2) is 18.2 Å². The zero-order valence-electron chi connectivity index (χ0n) is 10.6. The van der Waals surface area contributed by atoms with Crippen molar-refractivity contribution in [1.29, 1.82) is 0 Å². The zero-order chi connectivity index (χ0) is 14.8. The number of carbonyl (C=O) groups is 1. The van der Waals surface area contributed by atoms with Crippen molar-refractivity contribution in [3.05, 3.63) is 29.0 Å². The van der Waals surface area contributed by atoms with E-state index in [4.69, 9.17) is 11.6 Å². The lowest BCUT2D eigenvalue weighted by Crippen LogP contribution is -2.43. The molecule has 1 fully saturated rings. The van der Waals surface area contributed by atoms with Gasteiger partial charge in [0, 0.05) is 13.1 Å². The Kier molecular flexibility index (Phi) is 4.62. The van der Waals surface area contributed by atoms with Crippen LogP contribution in [0.3, 0.4) is 0 Å². The van der Waals surface area contributed by atoms with E-state index >= 15 is 0 Å². The van der Waals surface area contributed by atoms with Gasteiger partial charge in [0.1, 0.15) is 5.82 Å². The highest BCUT2D eigenvalue weighted by molar-refractivity contribution is 7.91. The van der Waals surface area contributed by atoms with E-state index in [0.717, 1.165) is 6.07 Å². The summed E-state index contributed by atoms with van der Waals surface area (Å²) in [6.45, 7) is 0.767. The highest BCUT2D eigenvalue weighted by Crippen LogP contribution is 2.22. The first kappa shape index (κ1) is 15.2. The van der Waals surface area contributed by atoms with Crippen molar-refractivity contribution in [2.75, 3.05) is 36.5 Å². The average Bonchev–Trinajstić information content (AvgIpc) is 2.35. The van der Waals surface area contributed by atoms with Gasteiger partial charge in [0.15, 0.2) is 9.84 Å². The predicted octanol–water partition coefficient (Wildman–Crippen LogP) is 1.15. The van der Waals surface area contributed by atoms with E-state index in [1.54, 1.807) is 4.90 Å². The Hall–Kier alpha value is -1.18. The zero-order valence-corrected chi connectivity index (χ0v) is 12.2. The second kappa shape index (κ2) is 6.07. The molecule has 0 aliphatic carbocycles. The minimum Gasteiger partial charge on any atom is -0.324 e. The first-order valence-electron chi connectivity index (χ1n) is 6.03. The fraction of sp³-hybridized carbons (Fsp3) is 0.417. The third kappa shape index (κ3) is 4.16. The van der Waals surface area contributed by atoms with Gasteiger partial charge in [-0.15, -0.1) is 0 Å². The van der Waals surface area contributed by atoms with E-state index in [9.17, 15) is 17.6 Å². The molecular weight excluding hydrogens is 307 g/mol. The van der Waals surface area contributed by atoms with E-state index in [-0.39, 0.29) is 29.0 Å². The molecular formula is C12H14ClFN2O3S. The summed E-state index contributed by atoms with van der Waals surface area (Å²) in [4.78, 5) is 13.6. The van der Waals surface area contributed by atoms with E-state index in [0.29, 0.717) is 18.8 Å². The molecule has 0 bridgehead atoms. The molecule has 0 atom stereocenters. The lowest BCUT2D eigenvalue weighted by molar-refractivity contribution is -0.117. The fourth-order valence-electron chi connectivity index (χ4n) is 1.89. The van der Waals surface area contributed by atoms with Gasteiger partial charge in [0.05, 0.1) is 28.8 Å². The van der Waals surface area contributed by atoms with Crippen LogP contribution in [0.4, 0.5) is 10.1 Å². The summed E-state index contributed by atoms with van der Waals surface area (Å²) < 4.78 is 35.4. The Morgan fingerprint density at radius 2 is 2.00 bits per heavy atom. The third-order valence-electron chi connectivity index (χ3n) is 3.01. The normalized spacial score (nSPS) is 18.7. The summed E-state index contributed by atoms with van der Waals surface area (Å²) in [6, 6.07) is 3.70. The van der Waals surface area contributed by atoms with E-state index in [2.05, 4.69) is 5.32 Å². The largest absolute Gasteiger partial charge is 0.324 e. The molecule has 1 aromatic rings. The average molecular weight is 321 g/mol. The molecule has 0 spiro atoms. The molecule has 0 radical (unpaired) electrons. The van der Waals surface area contributed by atoms with Crippen molar-refractivity contribution in [3.63, 3.8) is 0 Å². The lowest BCUT2D eigenvalue weighted by atomic mass is 10.3. The number of halogens is 2. The maximum absolute atomic E-state index is 12.9. The number of rotatable bonds is 3. The summed E-state index contributed by atoms with van der Waals surface area (Å²) in [5.41, 5.74) is 0.336. The number of nitrogens with one attached hydrogen (secondary N) is 1. The van der Waals surface area contributed by atoms with Crippen LogP contribution in [0.25, 0.3) is 0 Å². The molecule has 5 nitrogen and oxygen atoms in total. The molecule has 1 aliphatic rings. The minimum atomic E-state index is -2.96. The molecule has 1 saturated heterocycles. The summed E-state index contributed by atoms with van der Waals surface area (Å²) >= 11 is 5.81. The Morgan fingerprint density at radius 3 is 2.60 bits per heavy atom. The quantitative estimate of drug-likeness (QED) is 0.907. The van der Waals surface area contributed by atoms with Crippen LogP contribution in [0.5, 0.6) is 0 Å². The molecule has 1 heterocycles. The van der Waals surface area contributed by atoms with Crippen molar-refractivity contribution in [1.82, 2.24) is 4.90 Å². The fourth-order valence-corrected chi connectivity index (χ4v) is 3.38. The monoisotopic (exact) mass is 320 g/mol. The van der Waals surface area contributed by atoms with Crippen molar-refractivity contribution in [3.8, 4) is 0 Å². The van der Waals surface area contributed by atoms with Crippen LogP contribution in [0.2, 0.25) is 5.02 Å². The number of benzene rings is 1. The minimum absolute atomic E-state index is 0.0670. The molecule has 1 aliphatic heterocycles. The van der Waals surface area contributed by atoms with Crippen molar-refractivity contribution < 1.29 is 17.6 Å². The number of sulfone groups is 1. The van der Waals surface area contributed by atoms with Gasteiger partial charge in [-0.05, 0) is 18.2 Å². The van der Waals surface area contributed by atoms with Gasteiger partial charge in [-0.2, -0.15) is 0 Å². The Morgan fingerprint density at radius 1 is 1.35 bits per heavy atom. The van der Waals surface area contributed by atoms with E-state index < -0.39 is 15.7 Å². The summed E-state index contributed by atoms with van der Waals surface area (Å²) in [5, 5.41) is 2.70.